The van der Waals surface area contributed by atoms with Gasteiger partial charge in [0, 0.05) is 11.6 Å². The van der Waals surface area contributed by atoms with Crippen molar-refractivity contribution in [3.8, 4) is 0 Å². The Morgan fingerprint density at radius 1 is 1.19 bits per heavy atom. The van der Waals surface area contributed by atoms with Gasteiger partial charge >= 0.3 is 0 Å². The molecule has 0 amide bonds. The summed E-state index contributed by atoms with van der Waals surface area (Å²) < 4.78 is 0. The second kappa shape index (κ2) is 4.75. The maximum absolute atomic E-state index is 7.95. The van der Waals surface area contributed by atoms with Gasteiger partial charge < -0.3 is 5.41 Å². The van der Waals surface area contributed by atoms with E-state index in [2.05, 4.69) is 30.4 Å². The van der Waals surface area contributed by atoms with E-state index in [1.807, 2.05) is 37.3 Å². The molecular formula is C15H15N. The van der Waals surface area contributed by atoms with Crippen molar-refractivity contribution in [2.75, 3.05) is 0 Å². The fourth-order valence-electron chi connectivity index (χ4n) is 1.71. The molecule has 0 aromatic heterocycles. The van der Waals surface area contributed by atoms with Crippen molar-refractivity contribution in [3.63, 3.8) is 0 Å². The van der Waals surface area contributed by atoms with E-state index in [9.17, 15) is 0 Å². The van der Waals surface area contributed by atoms with Crippen LogP contribution >= 0.6 is 0 Å². The molecule has 80 valence electrons. The Morgan fingerprint density at radius 2 is 1.94 bits per heavy atom. The van der Waals surface area contributed by atoms with Gasteiger partial charge in [0.1, 0.15) is 0 Å². The number of allylic oxidation sites excluding steroid dienone is 5. The molecule has 1 N–H and O–H groups in total. The lowest BCUT2D eigenvalue weighted by atomic mass is 9.92. The molecule has 0 aliphatic heterocycles. The molecule has 0 bridgehead atoms. The van der Waals surface area contributed by atoms with Gasteiger partial charge in [0.15, 0.2) is 0 Å². The number of hydrogen-bond donors (Lipinski definition) is 1. The summed E-state index contributed by atoms with van der Waals surface area (Å²) in [6, 6.07) is 10.2. The maximum Gasteiger partial charge on any atom is 0.0449 e. The normalized spacial score (nSPS) is 20.2. The van der Waals surface area contributed by atoms with Gasteiger partial charge in [0.05, 0.1) is 0 Å². The van der Waals surface area contributed by atoms with Crippen LogP contribution in [0, 0.1) is 11.3 Å². The lowest BCUT2D eigenvalue weighted by Gasteiger charge is -2.13. The Kier molecular flexibility index (Phi) is 3.16. The molecule has 1 aliphatic carbocycles. The molecule has 16 heavy (non-hydrogen) atoms. The zero-order valence-corrected chi connectivity index (χ0v) is 9.35. The zero-order chi connectivity index (χ0) is 11.4. The third-order valence-electron chi connectivity index (χ3n) is 2.72. The Hall–Kier alpha value is -1.89. The number of benzene rings is 1. The first-order valence-electron chi connectivity index (χ1n) is 5.44. The summed E-state index contributed by atoms with van der Waals surface area (Å²) in [5.74, 6) is 0.116. The summed E-state index contributed by atoms with van der Waals surface area (Å²) in [7, 11) is 0. The summed E-state index contributed by atoms with van der Waals surface area (Å²) in [6.45, 7) is 1.98. The van der Waals surface area contributed by atoms with E-state index in [-0.39, 0.29) is 5.92 Å². The van der Waals surface area contributed by atoms with Gasteiger partial charge in [-0.2, -0.15) is 0 Å². The topological polar surface area (TPSA) is 23.9 Å². The van der Waals surface area contributed by atoms with Crippen LogP contribution in [0.2, 0.25) is 0 Å². The van der Waals surface area contributed by atoms with E-state index in [1.54, 1.807) is 0 Å². The van der Waals surface area contributed by atoms with Crippen LogP contribution in [0.15, 0.2) is 60.2 Å². The fourth-order valence-corrected chi connectivity index (χ4v) is 1.71. The summed E-state index contributed by atoms with van der Waals surface area (Å²) in [5, 5.41) is 7.95. The van der Waals surface area contributed by atoms with Gasteiger partial charge in [0.2, 0.25) is 0 Å². The largest absolute Gasteiger partial charge is 0.304 e. The van der Waals surface area contributed by atoms with Gasteiger partial charge in [-0.15, -0.1) is 0 Å². The van der Waals surface area contributed by atoms with E-state index in [0.29, 0.717) is 5.71 Å². The molecule has 0 heterocycles. The van der Waals surface area contributed by atoms with Crippen LogP contribution in [-0.2, 0) is 0 Å². The molecule has 1 aliphatic rings. The van der Waals surface area contributed by atoms with Crippen LogP contribution in [0.3, 0.4) is 0 Å². The third-order valence-corrected chi connectivity index (χ3v) is 2.72. The van der Waals surface area contributed by atoms with E-state index in [1.165, 1.54) is 5.56 Å². The molecule has 1 atom stereocenters. The summed E-state index contributed by atoms with van der Waals surface area (Å²) in [4.78, 5) is 0. The van der Waals surface area contributed by atoms with Crippen molar-refractivity contribution < 1.29 is 0 Å². The molecule has 2 rings (SSSR count). The molecule has 0 fully saturated rings. The van der Waals surface area contributed by atoms with Crippen LogP contribution in [-0.4, -0.2) is 5.71 Å². The average molecular weight is 209 g/mol. The van der Waals surface area contributed by atoms with Gasteiger partial charge in [-0.1, -0.05) is 60.7 Å². The SMILES string of the molecule is CC1=CC=CC(C=Cc2ccccc2)C1=N. The summed E-state index contributed by atoms with van der Waals surface area (Å²) >= 11 is 0. The number of nitrogens with one attached hydrogen (secondary N) is 1. The Balaban J connectivity index is 2.12. The standard InChI is InChI=1S/C15H15N/c1-12-6-5-9-14(15(12)16)11-10-13-7-3-2-4-8-13/h2-11,14,16H,1H3. The van der Waals surface area contributed by atoms with Gasteiger partial charge in [-0.3, -0.25) is 0 Å². The van der Waals surface area contributed by atoms with Gasteiger partial charge in [0.25, 0.3) is 0 Å². The second-order valence-electron chi connectivity index (χ2n) is 3.94. The molecule has 0 saturated heterocycles. The molecular weight excluding hydrogens is 194 g/mol. The van der Waals surface area contributed by atoms with Gasteiger partial charge in [-0.05, 0) is 18.1 Å². The number of hydrogen-bond acceptors (Lipinski definition) is 1. The Labute approximate surface area is 96.3 Å². The number of rotatable bonds is 2. The Bertz CT molecular complexity index is 463. The molecule has 1 nitrogen and oxygen atoms in total. The van der Waals surface area contributed by atoms with E-state index < -0.39 is 0 Å². The monoisotopic (exact) mass is 209 g/mol. The summed E-state index contributed by atoms with van der Waals surface area (Å²) in [6.07, 6.45) is 10.2. The van der Waals surface area contributed by atoms with Crippen LogP contribution in [0.4, 0.5) is 0 Å². The van der Waals surface area contributed by atoms with E-state index in [4.69, 9.17) is 5.41 Å². The average Bonchev–Trinajstić information content (AvgIpc) is 2.32. The highest BCUT2D eigenvalue weighted by atomic mass is 14.4. The molecule has 0 saturated carbocycles. The van der Waals surface area contributed by atoms with Crippen molar-refractivity contribution in [1.82, 2.24) is 0 Å². The minimum Gasteiger partial charge on any atom is -0.304 e. The van der Waals surface area contributed by atoms with Gasteiger partial charge in [-0.25, -0.2) is 0 Å². The van der Waals surface area contributed by atoms with E-state index in [0.717, 1.165) is 5.57 Å². The Morgan fingerprint density at radius 3 is 2.69 bits per heavy atom. The molecule has 1 heteroatoms. The minimum absolute atomic E-state index is 0.116. The molecule has 1 unspecified atom stereocenters. The maximum atomic E-state index is 7.95. The fraction of sp³-hybridized carbons (Fsp3) is 0.133. The first-order valence-corrected chi connectivity index (χ1v) is 5.44. The summed E-state index contributed by atoms with van der Waals surface area (Å²) in [5.41, 5.74) is 2.91. The molecule has 1 aromatic carbocycles. The quantitative estimate of drug-likeness (QED) is 0.765. The first-order chi connectivity index (χ1) is 7.77. The molecule has 1 aromatic rings. The predicted molar refractivity (Wildman–Crippen MR) is 69.6 cm³/mol. The lowest BCUT2D eigenvalue weighted by Crippen LogP contribution is -2.12. The highest BCUT2D eigenvalue weighted by Gasteiger charge is 2.11. The first kappa shape index (κ1) is 10.6. The van der Waals surface area contributed by atoms with E-state index >= 15 is 0 Å². The zero-order valence-electron chi connectivity index (χ0n) is 9.35. The highest BCUT2D eigenvalue weighted by molar-refractivity contribution is 6.02. The van der Waals surface area contributed by atoms with Crippen LogP contribution < -0.4 is 0 Å². The molecule has 0 spiro atoms. The lowest BCUT2D eigenvalue weighted by molar-refractivity contribution is 1.09. The predicted octanol–water partition coefficient (Wildman–Crippen LogP) is 3.85. The smallest absolute Gasteiger partial charge is 0.0449 e. The second-order valence-corrected chi connectivity index (χ2v) is 3.94. The van der Waals surface area contributed by atoms with Crippen molar-refractivity contribution >= 4 is 11.8 Å². The highest BCUT2D eigenvalue weighted by Crippen LogP contribution is 2.17. The van der Waals surface area contributed by atoms with Crippen molar-refractivity contribution in [3.05, 3.63) is 65.8 Å². The van der Waals surface area contributed by atoms with Crippen molar-refractivity contribution in [1.29, 1.82) is 5.41 Å². The van der Waals surface area contributed by atoms with Crippen LogP contribution in [0.5, 0.6) is 0 Å². The molecule has 0 radical (unpaired) electrons. The minimum atomic E-state index is 0.116. The van der Waals surface area contributed by atoms with Crippen molar-refractivity contribution in [2.24, 2.45) is 5.92 Å². The van der Waals surface area contributed by atoms with Crippen molar-refractivity contribution in [2.45, 2.75) is 6.92 Å². The van der Waals surface area contributed by atoms with Crippen LogP contribution in [0.1, 0.15) is 12.5 Å². The van der Waals surface area contributed by atoms with Crippen LogP contribution in [0.25, 0.3) is 6.08 Å². The third kappa shape index (κ3) is 2.37.